The Morgan fingerprint density at radius 2 is 2.22 bits per heavy atom. The van der Waals surface area contributed by atoms with Gasteiger partial charge in [0.05, 0.1) is 5.69 Å². The van der Waals surface area contributed by atoms with Crippen LogP contribution in [0.4, 0.5) is 4.39 Å². The van der Waals surface area contributed by atoms with Gasteiger partial charge in [-0.25, -0.2) is 14.4 Å². The molecule has 1 atom stereocenters. The van der Waals surface area contributed by atoms with Gasteiger partial charge in [0.2, 0.25) is 0 Å². The predicted octanol–water partition coefficient (Wildman–Crippen LogP) is 2.86. The highest BCUT2D eigenvalue weighted by Gasteiger charge is 2.09. The molecule has 0 spiro atoms. The van der Waals surface area contributed by atoms with Crippen LogP contribution < -0.4 is 5.32 Å². The van der Waals surface area contributed by atoms with Gasteiger partial charge in [0.15, 0.2) is 0 Å². The molecule has 18 heavy (non-hydrogen) atoms. The predicted molar refractivity (Wildman–Crippen MR) is 68.3 cm³/mol. The molecule has 4 heteroatoms. The smallest absolute Gasteiger partial charge is 0.123 e. The van der Waals surface area contributed by atoms with Gasteiger partial charge in [-0.15, -0.1) is 0 Å². The fourth-order valence-electron chi connectivity index (χ4n) is 1.87. The maximum atomic E-state index is 13.2. The second kappa shape index (κ2) is 6.21. The molecule has 0 fully saturated rings. The maximum Gasteiger partial charge on any atom is 0.123 e. The van der Waals surface area contributed by atoms with Crippen molar-refractivity contribution in [3.63, 3.8) is 0 Å². The number of hydrogen-bond donors (Lipinski definition) is 1. The largest absolute Gasteiger partial charge is 0.304 e. The van der Waals surface area contributed by atoms with Crippen LogP contribution in [0.1, 0.15) is 30.6 Å². The Hall–Kier alpha value is -1.81. The van der Waals surface area contributed by atoms with E-state index in [1.54, 1.807) is 18.3 Å². The molecule has 0 aliphatic carbocycles. The summed E-state index contributed by atoms with van der Waals surface area (Å²) in [6, 6.07) is 8.70. The van der Waals surface area contributed by atoms with E-state index in [9.17, 15) is 4.39 Å². The number of aromatic nitrogens is 2. The van der Waals surface area contributed by atoms with Crippen molar-refractivity contribution in [3.05, 3.63) is 59.9 Å². The van der Waals surface area contributed by atoms with Gasteiger partial charge >= 0.3 is 0 Å². The zero-order chi connectivity index (χ0) is 12.8. The van der Waals surface area contributed by atoms with Crippen molar-refractivity contribution < 1.29 is 4.39 Å². The van der Waals surface area contributed by atoms with E-state index in [1.165, 1.54) is 12.4 Å². The van der Waals surface area contributed by atoms with Crippen molar-refractivity contribution in [1.29, 1.82) is 0 Å². The molecule has 1 aromatic heterocycles. The van der Waals surface area contributed by atoms with Crippen LogP contribution in [0.2, 0.25) is 0 Å². The molecular weight excluding hydrogens is 229 g/mol. The zero-order valence-electron chi connectivity index (χ0n) is 10.3. The Morgan fingerprint density at radius 3 is 2.89 bits per heavy atom. The quantitative estimate of drug-likeness (QED) is 0.880. The number of halogens is 1. The summed E-state index contributed by atoms with van der Waals surface area (Å²) in [7, 11) is 0. The molecule has 1 N–H and O–H groups in total. The zero-order valence-corrected chi connectivity index (χ0v) is 10.3. The summed E-state index contributed by atoms with van der Waals surface area (Å²) in [5.74, 6) is -0.199. The average Bonchev–Trinajstić information content (AvgIpc) is 2.41. The van der Waals surface area contributed by atoms with Crippen molar-refractivity contribution in [2.45, 2.75) is 25.9 Å². The maximum absolute atomic E-state index is 13.2. The third kappa shape index (κ3) is 3.34. The van der Waals surface area contributed by atoms with Crippen molar-refractivity contribution >= 4 is 0 Å². The summed E-state index contributed by atoms with van der Waals surface area (Å²) in [6.07, 6.45) is 4.14. The molecule has 94 valence electrons. The van der Waals surface area contributed by atoms with Crippen LogP contribution >= 0.6 is 0 Å². The first-order valence-electron chi connectivity index (χ1n) is 6.03. The van der Waals surface area contributed by atoms with E-state index in [0.717, 1.165) is 17.7 Å². The molecule has 0 saturated carbocycles. The second-order valence-corrected chi connectivity index (χ2v) is 4.10. The molecule has 0 bridgehead atoms. The van der Waals surface area contributed by atoms with Crippen molar-refractivity contribution in [1.82, 2.24) is 15.3 Å². The van der Waals surface area contributed by atoms with Crippen LogP contribution in [0.3, 0.4) is 0 Å². The molecule has 0 aliphatic rings. The van der Waals surface area contributed by atoms with Crippen LogP contribution in [0.15, 0.2) is 42.9 Å². The third-order valence-electron chi connectivity index (χ3n) is 2.83. The Morgan fingerprint density at radius 1 is 1.33 bits per heavy atom. The van der Waals surface area contributed by atoms with E-state index < -0.39 is 0 Å². The molecular formula is C14H16FN3. The molecule has 2 aromatic rings. The monoisotopic (exact) mass is 245 g/mol. The van der Waals surface area contributed by atoms with Crippen LogP contribution in [-0.4, -0.2) is 9.97 Å². The lowest BCUT2D eigenvalue weighted by atomic mass is 10.0. The number of hydrogen-bond acceptors (Lipinski definition) is 3. The number of nitrogens with one attached hydrogen (secondary N) is 1. The Bertz CT molecular complexity index is 487. The van der Waals surface area contributed by atoms with Gasteiger partial charge in [0.25, 0.3) is 0 Å². The lowest BCUT2D eigenvalue weighted by molar-refractivity contribution is 0.509. The molecule has 0 aliphatic heterocycles. The normalized spacial score (nSPS) is 12.3. The van der Waals surface area contributed by atoms with E-state index in [2.05, 4.69) is 22.2 Å². The highest BCUT2D eigenvalue weighted by Crippen LogP contribution is 2.17. The van der Waals surface area contributed by atoms with Crippen LogP contribution in [0.25, 0.3) is 0 Å². The molecule has 0 radical (unpaired) electrons. The SMILES string of the molecule is CCC(NCc1ccncn1)c1cccc(F)c1. The standard InChI is InChI=1S/C14H16FN3/c1-2-14(11-4-3-5-12(15)8-11)17-9-13-6-7-16-10-18-13/h3-8,10,14,17H,2,9H2,1H3. The van der Waals surface area contributed by atoms with Crippen molar-refractivity contribution in [3.8, 4) is 0 Å². The first-order chi connectivity index (χ1) is 8.79. The summed E-state index contributed by atoms with van der Waals surface area (Å²) in [6.45, 7) is 2.72. The fourth-order valence-corrected chi connectivity index (χ4v) is 1.87. The molecule has 0 saturated heterocycles. The summed E-state index contributed by atoms with van der Waals surface area (Å²) < 4.78 is 13.2. The number of benzene rings is 1. The van der Waals surface area contributed by atoms with E-state index in [0.29, 0.717) is 6.54 Å². The summed E-state index contributed by atoms with van der Waals surface area (Å²) in [4.78, 5) is 8.02. The molecule has 2 rings (SSSR count). The fraction of sp³-hybridized carbons (Fsp3) is 0.286. The molecule has 0 amide bonds. The number of nitrogens with zero attached hydrogens (tertiary/aromatic N) is 2. The third-order valence-corrected chi connectivity index (χ3v) is 2.83. The minimum absolute atomic E-state index is 0.135. The van der Waals surface area contributed by atoms with E-state index in [4.69, 9.17) is 0 Å². The van der Waals surface area contributed by atoms with Gasteiger partial charge in [-0.2, -0.15) is 0 Å². The highest BCUT2D eigenvalue weighted by atomic mass is 19.1. The highest BCUT2D eigenvalue weighted by molar-refractivity contribution is 5.20. The Labute approximate surface area is 106 Å². The van der Waals surface area contributed by atoms with Crippen molar-refractivity contribution in [2.75, 3.05) is 0 Å². The Kier molecular flexibility index (Phi) is 4.36. The molecule has 1 unspecified atom stereocenters. The second-order valence-electron chi connectivity index (χ2n) is 4.10. The minimum atomic E-state index is -0.199. The summed E-state index contributed by atoms with van der Waals surface area (Å²) in [5.41, 5.74) is 1.89. The van der Waals surface area contributed by atoms with Gasteiger partial charge < -0.3 is 5.32 Å². The lowest BCUT2D eigenvalue weighted by Crippen LogP contribution is -2.20. The van der Waals surface area contributed by atoms with Crippen LogP contribution in [0, 0.1) is 5.82 Å². The van der Waals surface area contributed by atoms with Crippen molar-refractivity contribution in [2.24, 2.45) is 0 Å². The first-order valence-corrected chi connectivity index (χ1v) is 6.03. The Balaban J connectivity index is 2.02. The topological polar surface area (TPSA) is 37.8 Å². The van der Waals surface area contributed by atoms with Crippen LogP contribution in [0.5, 0.6) is 0 Å². The van der Waals surface area contributed by atoms with Crippen LogP contribution in [-0.2, 0) is 6.54 Å². The first kappa shape index (κ1) is 12.6. The number of rotatable bonds is 5. The lowest BCUT2D eigenvalue weighted by Gasteiger charge is -2.17. The van der Waals surface area contributed by atoms with Gasteiger partial charge in [-0.05, 0) is 30.2 Å². The van der Waals surface area contributed by atoms with E-state index >= 15 is 0 Å². The van der Waals surface area contributed by atoms with Gasteiger partial charge in [0, 0.05) is 18.8 Å². The van der Waals surface area contributed by atoms with Gasteiger partial charge in [-0.1, -0.05) is 19.1 Å². The summed E-state index contributed by atoms with van der Waals surface area (Å²) in [5, 5.41) is 3.37. The average molecular weight is 245 g/mol. The summed E-state index contributed by atoms with van der Waals surface area (Å²) >= 11 is 0. The van der Waals surface area contributed by atoms with E-state index in [1.807, 2.05) is 12.1 Å². The molecule has 1 heterocycles. The molecule has 3 nitrogen and oxygen atoms in total. The van der Waals surface area contributed by atoms with Gasteiger partial charge in [0.1, 0.15) is 12.1 Å². The molecule has 1 aromatic carbocycles. The van der Waals surface area contributed by atoms with E-state index in [-0.39, 0.29) is 11.9 Å². The minimum Gasteiger partial charge on any atom is -0.304 e. The van der Waals surface area contributed by atoms with Gasteiger partial charge in [-0.3, -0.25) is 0 Å².